The van der Waals surface area contributed by atoms with Crippen LogP contribution in [-0.4, -0.2) is 25.5 Å². The summed E-state index contributed by atoms with van der Waals surface area (Å²) in [4.78, 5) is 0. The predicted octanol–water partition coefficient (Wildman–Crippen LogP) is 3.18. The summed E-state index contributed by atoms with van der Waals surface area (Å²) >= 11 is 0.935. The van der Waals surface area contributed by atoms with Crippen molar-refractivity contribution in [1.82, 2.24) is 10.6 Å². The quantitative estimate of drug-likeness (QED) is 0.381. The van der Waals surface area contributed by atoms with E-state index in [-0.39, 0.29) is 12.5 Å². The van der Waals surface area contributed by atoms with Gasteiger partial charge in [0.25, 0.3) is 0 Å². The Bertz CT molecular complexity index is 167. The molecule has 19 heavy (non-hydrogen) atoms. The van der Waals surface area contributed by atoms with Crippen LogP contribution in [0.4, 0.5) is 0 Å². The Morgan fingerprint density at radius 3 is 1.47 bits per heavy atom. The summed E-state index contributed by atoms with van der Waals surface area (Å²) in [5, 5.41) is 6.76. The first-order valence-corrected chi connectivity index (χ1v) is 8.47. The normalized spacial score (nSPS) is 14.7. The van der Waals surface area contributed by atoms with Crippen LogP contribution >= 0.6 is 0 Å². The van der Waals surface area contributed by atoms with Crippen LogP contribution in [-0.2, 0) is 22.8 Å². The molecule has 0 aromatic heterocycles. The van der Waals surface area contributed by atoms with E-state index in [1.807, 2.05) is 0 Å². The third-order valence-corrected chi connectivity index (χ3v) is 3.34. The predicted molar refractivity (Wildman–Crippen MR) is 76.1 cm³/mol. The Hall–Kier alpha value is 0.334. The van der Waals surface area contributed by atoms with Crippen LogP contribution in [0, 0.1) is 0 Å². The number of hydrogen-bond donors (Lipinski definition) is 2. The Kier molecular flexibility index (Phi) is 15.0. The molecule has 0 aliphatic heterocycles. The van der Waals surface area contributed by atoms with E-state index in [9.17, 15) is 0 Å². The Labute approximate surface area is 125 Å². The molecule has 0 spiro atoms. The van der Waals surface area contributed by atoms with Gasteiger partial charge in [0.15, 0.2) is 0 Å². The minimum atomic E-state index is 0.0957. The van der Waals surface area contributed by atoms with Crippen LogP contribution in [0.15, 0.2) is 0 Å². The summed E-state index contributed by atoms with van der Waals surface area (Å²) < 4.78 is 11.4. The zero-order chi connectivity index (χ0) is 14.3. The molecule has 2 atom stereocenters. The molecule has 2 unspecified atom stereocenters. The van der Waals surface area contributed by atoms with Crippen molar-refractivity contribution in [1.29, 1.82) is 0 Å². The van der Waals surface area contributed by atoms with E-state index in [2.05, 4.69) is 38.3 Å². The molecule has 120 valence electrons. The third-order valence-electron chi connectivity index (χ3n) is 2.59. The van der Waals surface area contributed by atoms with E-state index in [0.717, 1.165) is 66.7 Å². The molecule has 0 fully saturated rings. The summed E-state index contributed by atoms with van der Waals surface area (Å²) in [5.41, 5.74) is 0. The summed E-state index contributed by atoms with van der Waals surface area (Å²) in [6.07, 6.45) is 6.68. The van der Waals surface area contributed by atoms with Crippen molar-refractivity contribution >= 4 is 0 Å². The average Bonchev–Trinajstić information content (AvgIpc) is 2.42. The van der Waals surface area contributed by atoms with Crippen molar-refractivity contribution in [3.63, 3.8) is 0 Å². The van der Waals surface area contributed by atoms with Crippen LogP contribution in [0.25, 0.3) is 0 Å². The number of hydrogen-bond acceptors (Lipinski definition) is 4. The zero-order valence-corrected chi connectivity index (χ0v) is 13.9. The second-order valence-corrected chi connectivity index (χ2v) is 5.29. The number of nitrogens with one attached hydrogen (secondary N) is 2. The molecule has 2 N–H and O–H groups in total. The molecular formula is C14H32N2NiO2. The molecule has 0 aromatic carbocycles. The van der Waals surface area contributed by atoms with Gasteiger partial charge in [-0.15, -0.1) is 0 Å². The molecule has 0 saturated heterocycles. The van der Waals surface area contributed by atoms with Gasteiger partial charge in [0, 0.05) is 0 Å². The summed E-state index contributed by atoms with van der Waals surface area (Å²) in [7, 11) is 0. The molecule has 0 amide bonds. The molecule has 4 nitrogen and oxygen atoms in total. The van der Waals surface area contributed by atoms with E-state index in [1.54, 1.807) is 0 Å². The molecule has 0 heterocycles. The zero-order valence-electron chi connectivity index (χ0n) is 12.9. The first-order chi connectivity index (χ1) is 9.28. The van der Waals surface area contributed by atoms with Crippen LogP contribution in [0.2, 0.25) is 0 Å². The summed E-state index contributed by atoms with van der Waals surface area (Å²) in [6.45, 7) is 10.6. The molecular weight excluding hydrogens is 287 g/mol. The average molecular weight is 319 g/mol. The second kappa shape index (κ2) is 14.7. The van der Waals surface area contributed by atoms with Crippen LogP contribution < -0.4 is 10.6 Å². The van der Waals surface area contributed by atoms with E-state index >= 15 is 0 Å². The molecule has 0 saturated carbocycles. The van der Waals surface area contributed by atoms with Crippen LogP contribution in [0.5, 0.6) is 0 Å². The van der Waals surface area contributed by atoms with Crippen LogP contribution in [0.1, 0.15) is 66.2 Å². The fraction of sp³-hybridized carbons (Fsp3) is 1.00. The van der Waals surface area contributed by atoms with Crippen molar-refractivity contribution in [3.05, 3.63) is 0 Å². The SMILES string of the molecule is CCCNC(CCC)[O][Ni][O]C(CCC)NCCC. The molecule has 0 aromatic rings. The molecule has 0 aliphatic rings. The summed E-state index contributed by atoms with van der Waals surface area (Å²) in [5.74, 6) is 0. The molecule has 0 bridgehead atoms. The van der Waals surface area contributed by atoms with Crippen molar-refractivity contribution in [2.24, 2.45) is 0 Å². The van der Waals surface area contributed by atoms with Gasteiger partial charge in [0.1, 0.15) is 0 Å². The Morgan fingerprint density at radius 1 is 0.737 bits per heavy atom. The van der Waals surface area contributed by atoms with E-state index in [1.165, 1.54) is 0 Å². The van der Waals surface area contributed by atoms with Gasteiger partial charge in [-0.1, -0.05) is 0 Å². The van der Waals surface area contributed by atoms with E-state index in [4.69, 9.17) is 7.76 Å². The first-order valence-electron chi connectivity index (χ1n) is 7.66. The van der Waals surface area contributed by atoms with Crippen LogP contribution in [0.3, 0.4) is 0 Å². The van der Waals surface area contributed by atoms with Crippen molar-refractivity contribution < 1.29 is 22.8 Å². The monoisotopic (exact) mass is 318 g/mol. The maximum atomic E-state index is 5.71. The minimum absolute atomic E-state index is 0.0957. The van der Waals surface area contributed by atoms with E-state index in [0.29, 0.717) is 0 Å². The first kappa shape index (κ1) is 19.3. The van der Waals surface area contributed by atoms with Gasteiger partial charge in [-0.05, 0) is 0 Å². The molecule has 0 rings (SSSR count). The maximum absolute atomic E-state index is 5.71. The van der Waals surface area contributed by atoms with Gasteiger partial charge < -0.3 is 0 Å². The standard InChI is InChI=1S/2C7H16NO.Ni/c2*1-3-5-7(9)8-6-4-2;/h2*7-8H,3-6H2,1-2H3;/q2*-1;+2. The van der Waals surface area contributed by atoms with Gasteiger partial charge in [-0.2, -0.15) is 0 Å². The van der Waals surface area contributed by atoms with Crippen molar-refractivity contribution in [3.8, 4) is 0 Å². The van der Waals surface area contributed by atoms with Gasteiger partial charge >= 0.3 is 125 Å². The Morgan fingerprint density at radius 2 is 1.16 bits per heavy atom. The third kappa shape index (κ3) is 11.8. The van der Waals surface area contributed by atoms with Gasteiger partial charge in [-0.25, -0.2) is 0 Å². The topological polar surface area (TPSA) is 42.5 Å². The second-order valence-electron chi connectivity index (χ2n) is 4.66. The van der Waals surface area contributed by atoms with Gasteiger partial charge in [-0.3, -0.25) is 0 Å². The van der Waals surface area contributed by atoms with Crippen molar-refractivity contribution in [2.45, 2.75) is 78.7 Å². The molecule has 0 aliphatic carbocycles. The van der Waals surface area contributed by atoms with E-state index < -0.39 is 0 Å². The molecule has 5 heteroatoms. The van der Waals surface area contributed by atoms with Crippen molar-refractivity contribution in [2.75, 3.05) is 13.1 Å². The number of rotatable bonds is 14. The molecule has 0 radical (unpaired) electrons. The fourth-order valence-electron chi connectivity index (χ4n) is 1.56. The Balaban J connectivity index is 3.83. The summed E-state index contributed by atoms with van der Waals surface area (Å²) in [6, 6.07) is 0. The fourth-order valence-corrected chi connectivity index (χ4v) is 2.24. The van der Waals surface area contributed by atoms with Gasteiger partial charge in [0.05, 0.1) is 0 Å². The van der Waals surface area contributed by atoms with Gasteiger partial charge in [0.2, 0.25) is 0 Å².